The molecule has 3 rings (SSSR count). The van der Waals surface area contributed by atoms with E-state index in [9.17, 15) is 9.18 Å². The van der Waals surface area contributed by atoms with Crippen LogP contribution in [-0.2, 0) is 0 Å². The van der Waals surface area contributed by atoms with Crippen LogP contribution < -0.4 is 11.1 Å². The molecule has 0 saturated heterocycles. The van der Waals surface area contributed by atoms with Crippen molar-refractivity contribution in [3.8, 4) is 0 Å². The third-order valence-corrected chi connectivity index (χ3v) is 3.62. The minimum Gasteiger partial charge on any atom is -0.375 e. The van der Waals surface area contributed by atoms with Crippen LogP contribution in [0.2, 0.25) is 0 Å². The van der Waals surface area contributed by atoms with E-state index in [0.29, 0.717) is 16.4 Å². The molecule has 1 amide bonds. The first-order valence-corrected chi connectivity index (χ1v) is 6.66. The van der Waals surface area contributed by atoms with Crippen molar-refractivity contribution in [2.75, 3.05) is 11.1 Å². The number of rotatable bonds is 2. The lowest BCUT2D eigenvalue weighted by Crippen LogP contribution is -2.11. The summed E-state index contributed by atoms with van der Waals surface area (Å²) in [6.45, 7) is 0. The van der Waals surface area contributed by atoms with Gasteiger partial charge in [0.25, 0.3) is 5.91 Å². The Balaban J connectivity index is 1.84. The number of nitrogens with zero attached hydrogens (tertiary/aromatic N) is 1. The van der Waals surface area contributed by atoms with Gasteiger partial charge in [0, 0.05) is 11.3 Å². The first-order valence-electron chi connectivity index (χ1n) is 5.85. The summed E-state index contributed by atoms with van der Waals surface area (Å²) in [5.74, 6) is -0.662. The second kappa shape index (κ2) is 4.90. The van der Waals surface area contributed by atoms with Crippen LogP contribution in [0.5, 0.6) is 0 Å². The van der Waals surface area contributed by atoms with Crippen molar-refractivity contribution in [3.63, 3.8) is 0 Å². The Kier molecular flexibility index (Phi) is 3.08. The Morgan fingerprint density at radius 1 is 1.20 bits per heavy atom. The fourth-order valence-electron chi connectivity index (χ4n) is 1.82. The number of aromatic nitrogens is 1. The summed E-state index contributed by atoms with van der Waals surface area (Å²) in [7, 11) is 0. The Morgan fingerprint density at radius 3 is 2.70 bits per heavy atom. The molecule has 3 aromatic rings. The zero-order valence-electron chi connectivity index (χ0n) is 10.3. The summed E-state index contributed by atoms with van der Waals surface area (Å²) in [6.07, 6.45) is 0. The number of fused-ring (bicyclic) bond motifs is 1. The molecule has 1 heterocycles. The van der Waals surface area contributed by atoms with Crippen molar-refractivity contribution in [1.82, 2.24) is 4.98 Å². The molecule has 0 unspecified atom stereocenters. The molecule has 0 aliphatic carbocycles. The van der Waals surface area contributed by atoms with Crippen molar-refractivity contribution in [3.05, 3.63) is 53.8 Å². The average Bonchev–Trinajstić information content (AvgIpc) is 2.78. The van der Waals surface area contributed by atoms with Gasteiger partial charge in [-0.15, -0.1) is 0 Å². The first-order chi connectivity index (χ1) is 9.61. The van der Waals surface area contributed by atoms with E-state index < -0.39 is 0 Å². The van der Waals surface area contributed by atoms with E-state index in [4.69, 9.17) is 5.73 Å². The number of hydrogen-bond acceptors (Lipinski definition) is 4. The van der Waals surface area contributed by atoms with Crippen LogP contribution in [0.25, 0.3) is 10.2 Å². The van der Waals surface area contributed by atoms with Gasteiger partial charge < -0.3 is 11.1 Å². The molecule has 3 N–H and O–H groups in total. The molecule has 4 nitrogen and oxygen atoms in total. The van der Waals surface area contributed by atoms with Gasteiger partial charge in [0.05, 0.1) is 10.2 Å². The standard InChI is InChI=1S/C14H10FN3OS/c15-9-3-1-8(2-4-9)13(19)17-10-5-6-11-12(7-10)20-14(16)18-11/h1-7H,(H2,16,18)(H,17,19). The number of thiazole rings is 1. The monoisotopic (exact) mass is 287 g/mol. The number of nitrogens with two attached hydrogens (primary N) is 1. The van der Waals surface area contributed by atoms with E-state index >= 15 is 0 Å². The molecular weight excluding hydrogens is 277 g/mol. The lowest BCUT2D eigenvalue weighted by atomic mass is 10.2. The van der Waals surface area contributed by atoms with Gasteiger partial charge in [-0.3, -0.25) is 4.79 Å². The number of carbonyl (C=O) groups is 1. The maximum atomic E-state index is 12.8. The van der Waals surface area contributed by atoms with Gasteiger partial charge in [-0.2, -0.15) is 0 Å². The van der Waals surface area contributed by atoms with E-state index in [1.165, 1.54) is 35.6 Å². The number of amides is 1. The largest absolute Gasteiger partial charge is 0.375 e. The molecular formula is C14H10FN3OS. The highest BCUT2D eigenvalue weighted by Gasteiger charge is 2.08. The van der Waals surface area contributed by atoms with E-state index in [1.807, 2.05) is 6.07 Å². The molecule has 0 fully saturated rings. The quantitative estimate of drug-likeness (QED) is 0.760. The van der Waals surface area contributed by atoms with Gasteiger partial charge in [0.1, 0.15) is 5.82 Å². The molecule has 0 aliphatic heterocycles. The molecule has 0 atom stereocenters. The van der Waals surface area contributed by atoms with Crippen molar-refractivity contribution in [1.29, 1.82) is 0 Å². The average molecular weight is 287 g/mol. The highest BCUT2D eigenvalue weighted by molar-refractivity contribution is 7.22. The molecule has 0 aliphatic rings. The molecule has 0 spiro atoms. The van der Waals surface area contributed by atoms with Crippen LogP contribution in [-0.4, -0.2) is 10.9 Å². The number of benzene rings is 2. The Bertz CT molecular complexity index is 783. The lowest BCUT2D eigenvalue weighted by Gasteiger charge is -2.05. The van der Waals surface area contributed by atoms with E-state index in [1.54, 1.807) is 12.1 Å². The van der Waals surface area contributed by atoms with Crippen LogP contribution in [0.3, 0.4) is 0 Å². The predicted molar refractivity (Wildman–Crippen MR) is 78.4 cm³/mol. The highest BCUT2D eigenvalue weighted by Crippen LogP contribution is 2.26. The van der Waals surface area contributed by atoms with Crippen LogP contribution in [0.1, 0.15) is 10.4 Å². The smallest absolute Gasteiger partial charge is 0.255 e. The van der Waals surface area contributed by atoms with E-state index in [-0.39, 0.29) is 11.7 Å². The number of carbonyl (C=O) groups excluding carboxylic acids is 1. The van der Waals surface area contributed by atoms with Crippen LogP contribution in [0, 0.1) is 5.82 Å². The van der Waals surface area contributed by atoms with Crippen molar-refractivity contribution in [2.24, 2.45) is 0 Å². The number of nitrogens with one attached hydrogen (secondary N) is 1. The zero-order chi connectivity index (χ0) is 14.1. The van der Waals surface area contributed by atoms with Crippen molar-refractivity contribution in [2.45, 2.75) is 0 Å². The lowest BCUT2D eigenvalue weighted by molar-refractivity contribution is 0.102. The Morgan fingerprint density at radius 2 is 1.95 bits per heavy atom. The fourth-order valence-corrected chi connectivity index (χ4v) is 2.60. The molecule has 0 bridgehead atoms. The van der Waals surface area contributed by atoms with Crippen molar-refractivity contribution >= 4 is 38.3 Å². The van der Waals surface area contributed by atoms with Gasteiger partial charge in [0.15, 0.2) is 5.13 Å². The van der Waals surface area contributed by atoms with Crippen LogP contribution >= 0.6 is 11.3 Å². The molecule has 20 heavy (non-hydrogen) atoms. The summed E-state index contributed by atoms with van der Waals surface area (Å²) in [5.41, 5.74) is 7.48. The van der Waals surface area contributed by atoms with Gasteiger partial charge >= 0.3 is 0 Å². The Hall–Kier alpha value is -2.47. The van der Waals surface area contributed by atoms with Gasteiger partial charge in [-0.25, -0.2) is 9.37 Å². The summed E-state index contributed by atoms with van der Waals surface area (Å²) in [6, 6.07) is 10.7. The number of hydrogen-bond donors (Lipinski definition) is 2. The second-order valence-corrected chi connectivity index (χ2v) is 5.26. The molecule has 100 valence electrons. The normalized spacial score (nSPS) is 10.7. The van der Waals surface area contributed by atoms with E-state index in [2.05, 4.69) is 10.3 Å². The molecule has 2 aromatic carbocycles. The summed E-state index contributed by atoms with van der Waals surface area (Å²) in [4.78, 5) is 16.1. The van der Waals surface area contributed by atoms with Crippen LogP contribution in [0.15, 0.2) is 42.5 Å². The van der Waals surface area contributed by atoms with Gasteiger partial charge in [-0.05, 0) is 42.5 Å². The minimum absolute atomic E-state index is 0.290. The zero-order valence-corrected chi connectivity index (χ0v) is 11.1. The molecule has 6 heteroatoms. The second-order valence-electron chi connectivity index (χ2n) is 4.20. The summed E-state index contributed by atoms with van der Waals surface area (Å²) >= 11 is 1.36. The topological polar surface area (TPSA) is 68.0 Å². The van der Waals surface area contributed by atoms with Gasteiger partial charge in [0.2, 0.25) is 0 Å². The SMILES string of the molecule is Nc1nc2ccc(NC(=O)c3ccc(F)cc3)cc2s1. The fraction of sp³-hybridized carbons (Fsp3) is 0. The van der Waals surface area contributed by atoms with E-state index in [0.717, 1.165) is 10.2 Å². The summed E-state index contributed by atoms with van der Waals surface area (Å²) < 4.78 is 13.7. The maximum Gasteiger partial charge on any atom is 0.255 e. The highest BCUT2D eigenvalue weighted by atomic mass is 32.1. The maximum absolute atomic E-state index is 12.8. The summed E-state index contributed by atoms with van der Waals surface area (Å²) in [5, 5.41) is 3.24. The third-order valence-electron chi connectivity index (χ3n) is 2.77. The number of nitrogen functional groups attached to an aromatic ring is 1. The Labute approximate surface area is 118 Å². The number of halogens is 1. The molecule has 0 radical (unpaired) electrons. The predicted octanol–water partition coefficient (Wildman–Crippen LogP) is 3.27. The number of anilines is 2. The van der Waals surface area contributed by atoms with Gasteiger partial charge in [-0.1, -0.05) is 11.3 Å². The third kappa shape index (κ3) is 2.46. The minimum atomic E-state index is -0.372. The first kappa shape index (κ1) is 12.6. The van der Waals surface area contributed by atoms with Crippen LogP contribution in [0.4, 0.5) is 15.2 Å². The molecule has 1 aromatic heterocycles. The van der Waals surface area contributed by atoms with Crippen molar-refractivity contribution < 1.29 is 9.18 Å². The molecule has 0 saturated carbocycles.